The number of piperidine rings is 1. The van der Waals surface area contributed by atoms with E-state index in [4.69, 9.17) is 9.90 Å². The van der Waals surface area contributed by atoms with Gasteiger partial charge in [-0.15, -0.1) is 0 Å². The summed E-state index contributed by atoms with van der Waals surface area (Å²) in [5.41, 5.74) is 2.35. The molecule has 2 heterocycles. The minimum atomic E-state index is -5.08. The molecule has 2 N–H and O–H groups in total. The van der Waals surface area contributed by atoms with Gasteiger partial charge in [0.15, 0.2) is 0 Å². The maximum absolute atomic E-state index is 12.3. The van der Waals surface area contributed by atoms with E-state index < -0.39 is 12.1 Å². The van der Waals surface area contributed by atoms with Crippen LogP contribution in [0.15, 0.2) is 54.9 Å². The maximum atomic E-state index is 12.3. The van der Waals surface area contributed by atoms with E-state index in [9.17, 15) is 18.0 Å². The van der Waals surface area contributed by atoms with Crippen molar-refractivity contribution in [3.63, 3.8) is 0 Å². The van der Waals surface area contributed by atoms with Crippen LogP contribution in [-0.4, -0.2) is 51.7 Å². The Labute approximate surface area is 178 Å². The topological polar surface area (TPSA) is 82.5 Å². The fourth-order valence-corrected chi connectivity index (χ4v) is 4.18. The monoisotopic (exact) mass is 435 g/mol. The Hall–Kier alpha value is -2.94. The number of halogens is 3. The molecule has 2 fully saturated rings. The Morgan fingerprint density at radius 1 is 1.10 bits per heavy atom. The second-order valence-corrected chi connectivity index (χ2v) is 7.82. The van der Waals surface area contributed by atoms with Crippen LogP contribution in [0.4, 0.5) is 13.2 Å². The van der Waals surface area contributed by atoms with Crippen LogP contribution in [0.2, 0.25) is 0 Å². The van der Waals surface area contributed by atoms with E-state index in [0.29, 0.717) is 24.4 Å². The van der Waals surface area contributed by atoms with E-state index in [-0.39, 0.29) is 5.91 Å². The molecular formula is C22H24F3N3O3. The van der Waals surface area contributed by atoms with Crippen molar-refractivity contribution in [3.8, 4) is 0 Å². The van der Waals surface area contributed by atoms with Crippen molar-refractivity contribution in [1.29, 1.82) is 0 Å². The summed E-state index contributed by atoms with van der Waals surface area (Å²) in [5, 5.41) is 10.4. The summed E-state index contributed by atoms with van der Waals surface area (Å²) in [6.07, 6.45) is 1.44. The van der Waals surface area contributed by atoms with Gasteiger partial charge in [-0.25, -0.2) is 4.79 Å². The number of hydrogen-bond donors (Lipinski definition) is 2. The number of amides is 1. The summed E-state index contributed by atoms with van der Waals surface area (Å²) >= 11 is 0. The van der Waals surface area contributed by atoms with Crippen LogP contribution in [0, 0.1) is 5.92 Å². The minimum absolute atomic E-state index is 0.151. The van der Waals surface area contributed by atoms with Crippen LogP contribution in [0.3, 0.4) is 0 Å². The van der Waals surface area contributed by atoms with Gasteiger partial charge in [-0.3, -0.25) is 14.7 Å². The third kappa shape index (κ3) is 6.52. The van der Waals surface area contributed by atoms with Crippen molar-refractivity contribution < 1.29 is 27.9 Å². The highest BCUT2D eigenvalue weighted by Crippen LogP contribution is 2.38. The lowest BCUT2D eigenvalue weighted by molar-refractivity contribution is -0.192. The molecule has 6 nitrogen and oxygen atoms in total. The Bertz CT molecular complexity index is 878. The van der Waals surface area contributed by atoms with E-state index >= 15 is 0 Å². The second kappa shape index (κ2) is 9.91. The van der Waals surface area contributed by atoms with Crippen LogP contribution >= 0.6 is 0 Å². The third-order valence-electron chi connectivity index (χ3n) is 5.56. The first-order valence-corrected chi connectivity index (χ1v) is 9.98. The molecule has 0 spiro atoms. The van der Waals surface area contributed by atoms with Gasteiger partial charge in [-0.1, -0.05) is 36.4 Å². The van der Waals surface area contributed by atoms with Crippen molar-refractivity contribution in [3.05, 3.63) is 66.0 Å². The van der Waals surface area contributed by atoms with Crippen molar-refractivity contribution in [2.45, 2.75) is 44.1 Å². The molecule has 4 rings (SSSR count). The average molecular weight is 435 g/mol. The molecule has 0 radical (unpaired) electrons. The summed E-state index contributed by atoms with van der Waals surface area (Å²) in [6.45, 7) is 2.05. The highest BCUT2D eigenvalue weighted by atomic mass is 19.4. The molecule has 1 amide bonds. The Morgan fingerprint density at radius 3 is 2.32 bits per heavy atom. The van der Waals surface area contributed by atoms with Gasteiger partial charge in [0.25, 0.3) is 0 Å². The van der Waals surface area contributed by atoms with E-state index in [2.05, 4.69) is 21.3 Å². The number of nitrogens with zero attached hydrogens (tertiary/aromatic N) is 2. The first-order valence-electron chi connectivity index (χ1n) is 9.98. The predicted molar refractivity (Wildman–Crippen MR) is 107 cm³/mol. The largest absolute Gasteiger partial charge is 0.490 e. The SMILES string of the molecule is O=C(Cc1ccccc1)NC1CC2CC1CN2Cc1cccnc1.O=C(O)C(F)(F)F. The maximum Gasteiger partial charge on any atom is 0.490 e. The third-order valence-corrected chi connectivity index (χ3v) is 5.56. The number of likely N-dealkylation sites (tertiary alicyclic amines) is 1. The van der Waals surface area contributed by atoms with Gasteiger partial charge in [0.2, 0.25) is 5.91 Å². The Balaban J connectivity index is 0.000000339. The normalized spacial score (nSPS) is 22.5. The molecule has 3 unspecified atom stereocenters. The number of hydrogen-bond acceptors (Lipinski definition) is 4. The van der Waals surface area contributed by atoms with Gasteiger partial charge in [0.1, 0.15) is 0 Å². The van der Waals surface area contributed by atoms with Crippen molar-refractivity contribution >= 4 is 11.9 Å². The molecule has 166 valence electrons. The number of fused-ring (bicyclic) bond motifs is 2. The molecule has 2 aromatic rings. The number of benzene rings is 1. The zero-order valence-corrected chi connectivity index (χ0v) is 16.8. The smallest absolute Gasteiger partial charge is 0.475 e. The highest BCUT2D eigenvalue weighted by molar-refractivity contribution is 5.79. The van der Waals surface area contributed by atoms with Crippen LogP contribution in [0.1, 0.15) is 24.0 Å². The first kappa shape index (κ1) is 22.7. The van der Waals surface area contributed by atoms with Crippen LogP contribution < -0.4 is 5.32 Å². The van der Waals surface area contributed by atoms with Crippen LogP contribution in [0.5, 0.6) is 0 Å². The summed E-state index contributed by atoms with van der Waals surface area (Å²) in [5.74, 6) is -2.02. The molecule has 9 heteroatoms. The minimum Gasteiger partial charge on any atom is -0.475 e. The Morgan fingerprint density at radius 2 is 1.77 bits per heavy atom. The number of alkyl halides is 3. The van der Waals surface area contributed by atoms with Crippen LogP contribution in [0.25, 0.3) is 0 Å². The molecule has 1 aliphatic carbocycles. The summed E-state index contributed by atoms with van der Waals surface area (Å²) in [6, 6.07) is 15.0. The highest BCUT2D eigenvalue weighted by Gasteiger charge is 2.44. The van der Waals surface area contributed by atoms with Crippen LogP contribution in [-0.2, 0) is 22.6 Å². The molecule has 3 atom stereocenters. The van der Waals surface area contributed by atoms with Gasteiger partial charge in [0.05, 0.1) is 6.42 Å². The van der Waals surface area contributed by atoms with E-state index in [1.54, 1.807) is 0 Å². The number of carbonyl (C=O) groups is 2. The Kier molecular flexibility index (Phi) is 7.27. The fraction of sp³-hybridized carbons (Fsp3) is 0.409. The molecule has 1 aromatic carbocycles. The molecule has 31 heavy (non-hydrogen) atoms. The molecule has 2 aliphatic rings. The van der Waals surface area contributed by atoms with Gasteiger partial charge < -0.3 is 10.4 Å². The van der Waals surface area contributed by atoms with E-state index in [0.717, 1.165) is 25.1 Å². The number of rotatable bonds is 5. The number of nitrogens with one attached hydrogen (secondary N) is 1. The molecule has 1 aliphatic heterocycles. The molecule has 1 aromatic heterocycles. The predicted octanol–water partition coefficient (Wildman–Crippen LogP) is 3.04. The number of aromatic nitrogens is 1. The molecule has 1 saturated heterocycles. The standard InChI is InChI=1S/C20H23N3O.C2HF3O2/c24-20(9-15-5-2-1-3-6-15)22-19-11-18-10-17(19)14-23(18)13-16-7-4-8-21-12-16;3-2(4,5)1(6)7/h1-8,12,17-19H,9-11,13-14H2,(H,22,24);(H,6,7). The number of carbonyl (C=O) groups excluding carboxylic acids is 1. The lowest BCUT2D eigenvalue weighted by atomic mass is 10.0. The number of carboxylic acids is 1. The molecule has 2 bridgehead atoms. The average Bonchev–Trinajstić information content (AvgIpc) is 3.29. The van der Waals surface area contributed by atoms with E-state index in [1.165, 1.54) is 12.0 Å². The molecular weight excluding hydrogens is 411 g/mol. The second-order valence-electron chi connectivity index (χ2n) is 7.82. The van der Waals surface area contributed by atoms with Gasteiger partial charge in [0, 0.05) is 37.6 Å². The zero-order chi connectivity index (χ0) is 22.4. The quantitative estimate of drug-likeness (QED) is 0.755. The summed E-state index contributed by atoms with van der Waals surface area (Å²) in [7, 11) is 0. The zero-order valence-electron chi connectivity index (χ0n) is 16.8. The molecule has 1 saturated carbocycles. The number of pyridine rings is 1. The number of aliphatic carboxylic acids is 1. The lowest BCUT2D eigenvalue weighted by Crippen LogP contribution is -2.46. The van der Waals surface area contributed by atoms with Gasteiger partial charge >= 0.3 is 12.1 Å². The first-order chi connectivity index (χ1) is 14.7. The fourth-order valence-electron chi connectivity index (χ4n) is 4.18. The van der Waals surface area contributed by atoms with Crippen molar-refractivity contribution in [2.24, 2.45) is 5.92 Å². The van der Waals surface area contributed by atoms with Gasteiger partial charge in [-0.05, 0) is 36.0 Å². The number of carboxylic acid groups (broad SMARTS) is 1. The van der Waals surface area contributed by atoms with Crippen molar-refractivity contribution in [1.82, 2.24) is 15.2 Å². The summed E-state index contributed by atoms with van der Waals surface area (Å²) < 4.78 is 31.7. The van der Waals surface area contributed by atoms with Gasteiger partial charge in [-0.2, -0.15) is 13.2 Å². The van der Waals surface area contributed by atoms with Crippen molar-refractivity contribution in [2.75, 3.05) is 6.54 Å². The summed E-state index contributed by atoms with van der Waals surface area (Å²) in [4.78, 5) is 27.9. The lowest BCUT2D eigenvalue weighted by Gasteiger charge is -2.32. The van der Waals surface area contributed by atoms with E-state index in [1.807, 2.05) is 48.8 Å².